The summed E-state index contributed by atoms with van der Waals surface area (Å²) in [6.45, 7) is 4.19. The number of carbonyl (C=O) groups is 1. The molecule has 3 aromatic rings. The first-order valence-corrected chi connectivity index (χ1v) is 8.94. The molecule has 1 aromatic carbocycles. The number of pyridine rings is 1. The molecule has 1 amide bonds. The first-order chi connectivity index (χ1) is 12.5. The molecule has 0 unspecified atom stereocenters. The van der Waals surface area contributed by atoms with E-state index in [9.17, 15) is 9.90 Å². The Bertz CT molecular complexity index is 927. The molecule has 0 saturated heterocycles. The van der Waals surface area contributed by atoms with Gasteiger partial charge in [-0.2, -0.15) is 0 Å². The first kappa shape index (κ1) is 18.1. The molecule has 2 aromatic heterocycles. The SMILES string of the molecule is CC[C@@H](C)c1ccc(O)c(NC(=O)c2nc(-n3cnnc3)ccc2Br)c1. The zero-order chi connectivity index (χ0) is 18.7. The number of hydrogen-bond acceptors (Lipinski definition) is 5. The molecule has 2 heterocycles. The predicted molar refractivity (Wildman–Crippen MR) is 102 cm³/mol. The molecular formula is C18H18BrN5O2. The van der Waals surface area contributed by atoms with E-state index in [1.165, 1.54) is 12.7 Å². The van der Waals surface area contributed by atoms with Gasteiger partial charge in [-0.15, -0.1) is 10.2 Å². The van der Waals surface area contributed by atoms with Gasteiger partial charge in [0.25, 0.3) is 5.91 Å². The van der Waals surface area contributed by atoms with Crippen molar-refractivity contribution < 1.29 is 9.90 Å². The van der Waals surface area contributed by atoms with E-state index in [1.807, 2.05) is 6.07 Å². The fourth-order valence-electron chi connectivity index (χ4n) is 2.43. The molecule has 0 aliphatic rings. The predicted octanol–water partition coefficient (Wildman–Crippen LogP) is 3.90. The van der Waals surface area contributed by atoms with Crippen molar-refractivity contribution in [2.75, 3.05) is 5.32 Å². The summed E-state index contributed by atoms with van der Waals surface area (Å²) in [6.07, 6.45) is 3.96. The average Bonchev–Trinajstić information content (AvgIpc) is 3.18. The largest absolute Gasteiger partial charge is 0.506 e. The van der Waals surface area contributed by atoms with Crippen LogP contribution in [-0.2, 0) is 0 Å². The van der Waals surface area contributed by atoms with E-state index in [4.69, 9.17) is 0 Å². The molecule has 0 fully saturated rings. The minimum atomic E-state index is -0.427. The zero-order valence-corrected chi connectivity index (χ0v) is 15.9. The first-order valence-electron chi connectivity index (χ1n) is 8.15. The number of phenols is 1. The van der Waals surface area contributed by atoms with Gasteiger partial charge in [-0.1, -0.05) is 19.9 Å². The fraction of sp³-hybridized carbons (Fsp3) is 0.222. The van der Waals surface area contributed by atoms with Gasteiger partial charge in [0, 0.05) is 4.47 Å². The number of aromatic hydroxyl groups is 1. The molecule has 0 radical (unpaired) electrons. The van der Waals surface area contributed by atoms with Crippen molar-refractivity contribution in [3.05, 3.63) is 58.7 Å². The third kappa shape index (κ3) is 3.75. The highest BCUT2D eigenvalue weighted by molar-refractivity contribution is 9.10. The molecule has 0 bridgehead atoms. The quantitative estimate of drug-likeness (QED) is 0.616. The lowest BCUT2D eigenvalue weighted by molar-refractivity contribution is 0.102. The summed E-state index contributed by atoms with van der Waals surface area (Å²) >= 11 is 3.35. The Balaban J connectivity index is 1.90. The van der Waals surface area contributed by atoms with Crippen molar-refractivity contribution in [2.24, 2.45) is 0 Å². The normalized spacial score (nSPS) is 12.0. The van der Waals surface area contributed by atoms with Gasteiger partial charge in [0.05, 0.1) is 5.69 Å². The van der Waals surface area contributed by atoms with Crippen LogP contribution in [0.15, 0.2) is 47.5 Å². The van der Waals surface area contributed by atoms with Crippen LogP contribution in [0.4, 0.5) is 5.69 Å². The van der Waals surface area contributed by atoms with Gasteiger partial charge in [0.1, 0.15) is 29.9 Å². The molecular weight excluding hydrogens is 398 g/mol. The van der Waals surface area contributed by atoms with Crippen LogP contribution in [0.25, 0.3) is 5.82 Å². The lowest BCUT2D eigenvalue weighted by atomic mass is 9.98. The Labute approximate surface area is 159 Å². The molecule has 0 saturated carbocycles. The maximum Gasteiger partial charge on any atom is 0.275 e. The number of amides is 1. The van der Waals surface area contributed by atoms with Gasteiger partial charge < -0.3 is 10.4 Å². The van der Waals surface area contributed by atoms with E-state index in [1.54, 1.807) is 28.8 Å². The van der Waals surface area contributed by atoms with Gasteiger partial charge >= 0.3 is 0 Å². The Morgan fingerprint density at radius 3 is 2.69 bits per heavy atom. The smallest absolute Gasteiger partial charge is 0.275 e. The lowest BCUT2D eigenvalue weighted by Gasteiger charge is -2.13. The van der Waals surface area contributed by atoms with E-state index in [0.29, 0.717) is 21.9 Å². The summed E-state index contributed by atoms with van der Waals surface area (Å²) in [5.74, 6) is 0.425. The summed E-state index contributed by atoms with van der Waals surface area (Å²) in [7, 11) is 0. The van der Waals surface area contributed by atoms with Gasteiger partial charge in [-0.25, -0.2) is 4.98 Å². The summed E-state index contributed by atoms with van der Waals surface area (Å²) in [6, 6.07) is 8.71. The van der Waals surface area contributed by atoms with E-state index < -0.39 is 5.91 Å². The number of rotatable bonds is 5. The molecule has 26 heavy (non-hydrogen) atoms. The molecule has 0 spiro atoms. The van der Waals surface area contributed by atoms with Crippen LogP contribution >= 0.6 is 15.9 Å². The number of halogens is 1. The Morgan fingerprint density at radius 1 is 1.27 bits per heavy atom. The van der Waals surface area contributed by atoms with E-state index in [2.05, 4.69) is 50.3 Å². The van der Waals surface area contributed by atoms with Crippen LogP contribution in [0.5, 0.6) is 5.75 Å². The third-order valence-electron chi connectivity index (χ3n) is 4.18. The summed E-state index contributed by atoms with van der Waals surface area (Å²) in [5, 5.41) is 20.3. The molecule has 134 valence electrons. The Hall–Kier alpha value is -2.74. The monoisotopic (exact) mass is 415 g/mol. The highest BCUT2D eigenvalue weighted by Gasteiger charge is 2.16. The number of carbonyl (C=O) groups excluding carboxylic acids is 1. The number of nitrogens with zero attached hydrogens (tertiary/aromatic N) is 4. The number of benzene rings is 1. The number of phenolic OH excluding ortho intramolecular Hbond substituents is 1. The molecule has 8 heteroatoms. The minimum Gasteiger partial charge on any atom is -0.506 e. The second kappa shape index (κ2) is 7.65. The standard InChI is InChI=1S/C18H18BrN5O2/c1-3-11(2)12-4-6-15(25)14(8-12)22-18(26)17-13(19)5-7-16(23-17)24-9-20-21-10-24/h4-11,25H,3H2,1-2H3,(H,22,26)/t11-/m1/s1. The molecule has 3 rings (SSSR count). The van der Waals surface area contributed by atoms with E-state index in [-0.39, 0.29) is 11.4 Å². The number of nitrogens with one attached hydrogen (secondary N) is 1. The molecule has 0 aliphatic carbocycles. The van der Waals surface area contributed by atoms with Crippen LogP contribution in [0.3, 0.4) is 0 Å². The maximum absolute atomic E-state index is 12.7. The highest BCUT2D eigenvalue weighted by atomic mass is 79.9. The van der Waals surface area contributed by atoms with Crippen LogP contribution in [0, 0.1) is 0 Å². The number of aromatic nitrogens is 4. The topological polar surface area (TPSA) is 92.9 Å². The van der Waals surface area contributed by atoms with Crippen molar-refractivity contribution >= 4 is 27.5 Å². The van der Waals surface area contributed by atoms with E-state index in [0.717, 1.165) is 12.0 Å². The van der Waals surface area contributed by atoms with Gasteiger partial charge in [-0.05, 0) is 58.1 Å². The summed E-state index contributed by atoms with van der Waals surface area (Å²) in [5.41, 5.74) is 1.60. The van der Waals surface area contributed by atoms with Gasteiger partial charge in [0.15, 0.2) is 0 Å². The third-order valence-corrected chi connectivity index (χ3v) is 4.82. The van der Waals surface area contributed by atoms with Crippen molar-refractivity contribution in [3.63, 3.8) is 0 Å². The van der Waals surface area contributed by atoms with Crippen molar-refractivity contribution in [3.8, 4) is 11.6 Å². The van der Waals surface area contributed by atoms with Crippen LogP contribution in [-0.4, -0.2) is 30.8 Å². The van der Waals surface area contributed by atoms with Crippen molar-refractivity contribution in [1.82, 2.24) is 19.7 Å². The summed E-state index contributed by atoms with van der Waals surface area (Å²) < 4.78 is 2.15. The lowest BCUT2D eigenvalue weighted by Crippen LogP contribution is -2.16. The molecule has 0 aliphatic heterocycles. The van der Waals surface area contributed by atoms with Gasteiger partial charge in [0.2, 0.25) is 0 Å². The number of hydrogen-bond donors (Lipinski definition) is 2. The van der Waals surface area contributed by atoms with Crippen LogP contribution in [0.1, 0.15) is 42.2 Å². The Kier molecular flexibility index (Phi) is 5.32. The maximum atomic E-state index is 12.7. The molecule has 7 nitrogen and oxygen atoms in total. The average molecular weight is 416 g/mol. The van der Waals surface area contributed by atoms with Crippen molar-refractivity contribution in [1.29, 1.82) is 0 Å². The number of anilines is 1. The highest BCUT2D eigenvalue weighted by Crippen LogP contribution is 2.30. The fourth-order valence-corrected chi connectivity index (χ4v) is 2.83. The second-order valence-corrected chi connectivity index (χ2v) is 6.76. The van der Waals surface area contributed by atoms with E-state index >= 15 is 0 Å². The molecule has 1 atom stereocenters. The Morgan fingerprint density at radius 2 is 2.00 bits per heavy atom. The second-order valence-electron chi connectivity index (χ2n) is 5.91. The molecule has 2 N–H and O–H groups in total. The summed E-state index contributed by atoms with van der Waals surface area (Å²) in [4.78, 5) is 17.1. The minimum absolute atomic E-state index is 0.0106. The van der Waals surface area contributed by atoms with Crippen LogP contribution in [0.2, 0.25) is 0 Å². The zero-order valence-electron chi connectivity index (χ0n) is 14.3. The van der Waals surface area contributed by atoms with Crippen molar-refractivity contribution in [2.45, 2.75) is 26.2 Å². The van der Waals surface area contributed by atoms with Crippen LogP contribution < -0.4 is 5.32 Å². The van der Waals surface area contributed by atoms with Gasteiger partial charge in [-0.3, -0.25) is 9.36 Å².